The minimum Gasteiger partial charge on any atom is -0.481 e. The molecule has 1 spiro atoms. The number of benzene rings is 1. The van der Waals surface area contributed by atoms with Crippen LogP contribution in [0, 0.1) is 0 Å². The van der Waals surface area contributed by atoms with Gasteiger partial charge in [0.15, 0.2) is 0 Å². The highest BCUT2D eigenvalue weighted by Gasteiger charge is 2.55. The number of hydrogen-bond acceptors (Lipinski definition) is 2. The monoisotopic (exact) mass is 301 g/mol. The molecule has 22 heavy (non-hydrogen) atoms. The molecule has 1 unspecified atom stereocenters. The number of unbranched alkanes of at least 4 members (excludes halogenated alkanes) is 1. The van der Waals surface area contributed by atoms with Gasteiger partial charge in [0.1, 0.15) is 5.92 Å². The van der Waals surface area contributed by atoms with Crippen LogP contribution in [0.5, 0.6) is 0 Å². The van der Waals surface area contributed by atoms with Gasteiger partial charge in [0.2, 0.25) is 0 Å². The topological polar surface area (TPSA) is 57.6 Å². The highest BCUT2D eigenvalue weighted by atomic mass is 16.4. The second-order valence-electron chi connectivity index (χ2n) is 6.48. The average molecular weight is 301 g/mol. The first kappa shape index (κ1) is 15.1. The van der Waals surface area contributed by atoms with Gasteiger partial charge in [0, 0.05) is 12.1 Å². The maximum Gasteiger partial charge on any atom is 0.313 e. The van der Waals surface area contributed by atoms with Crippen LogP contribution in [0.2, 0.25) is 0 Å². The minimum absolute atomic E-state index is 0.0171. The fourth-order valence-corrected chi connectivity index (χ4v) is 4.29. The number of aliphatic carboxylic acids is 1. The molecule has 0 aromatic heterocycles. The summed E-state index contributed by atoms with van der Waals surface area (Å²) in [6, 6.07) is 7.25. The zero-order chi connectivity index (χ0) is 15.7. The molecule has 1 atom stereocenters. The summed E-state index contributed by atoms with van der Waals surface area (Å²) in [5, 5.41) is 9.90. The molecule has 0 bridgehead atoms. The first-order valence-corrected chi connectivity index (χ1v) is 8.25. The summed E-state index contributed by atoms with van der Waals surface area (Å²) in [5.74, 6) is -1.38. The summed E-state index contributed by atoms with van der Waals surface area (Å²) >= 11 is 0. The maximum atomic E-state index is 13.0. The lowest BCUT2D eigenvalue weighted by atomic mass is 9.71. The molecule has 1 fully saturated rings. The van der Waals surface area contributed by atoms with Crippen molar-refractivity contribution in [2.45, 2.75) is 56.9 Å². The molecule has 118 valence electrons. The van der Waals surface area contributed by atoms with Crippen molar-refractivity contribution in [1.29, 1.82) is 0 Å². The summed E-state index contributed by atoms with van der Waals surface area (Å²) in [6.07, 6.45) is 5.52. The zero-order valence-electron chi connectivity index (χ0n) is 13.0. The van der Waals surface area contributed by atoms with Crippen molar-refractivity contribution in [2.24, 2.45) is 0 Å². The predicted molar refractivity (Wildman–Crippen MR) is 84.0 cm³/mol. The zero-order valence-corrected chi connectivity index (χ0v) is 13.0. The van der Waals surface area contributed by atoms with Crippen molar-refractivity contribution < 1.29 is 14.7 Å². The number of rotatable bonds is 4. The number of amides is 1. The van der Waals surface area contributed by atoms with Crippen LogP contribution in [0.3, 0.4) is 0 Å². The Hall–Kier alpha value is -1.84. The Bertz CT molecular complexity index is 590. The average Bonchev–Trinajstić information content (AvgIpc) is 2.97. The van der Waals surface area contributed by atoms with Crippen molar-refractivity contribution in [3.8, 4) is 0 Å². The Labute approximate surface area is 131 Å². The van der Waals surface area contributed by atoms with Gasteiger partial charge in [0.05, 0.1) is 5.54 Å². The molecule has 3 rings (SSSR count). The Morgan fingerprint density at radius 1 is 1.32 bits per heavy atom. The molecule has 1 saturated carbocycles. The van der Waals surface area contributed by atoms with E-state index in [-0.39, 0.29) is 5.91 Å². The quantitative estimate of drug-likeness (QED) is 0.927. The van der Waals surface area contributed by atoms with Crippen LogP contribution in [0.4, 0.5) is 0 Å². The summed E-state index contributed by atoms with van der Waals surface area (Å²) < 4.78 is 0. The summed E-state index contributed by atoms with van der Waals surface area (Å²) in [6.45, 7) is 2.76. The number of carboxylic acid groups (broad SMARTS) is 1. The third kappa shape index (κ3) is 2.13. The molecule has 0 radical (unpaired) electrons. The van der Waals surface area contributed by atoms with E-state index in [1.165, 1.54) is 0 Å². The molecule has 1 N–H and O–H groups in total. The summed E-state index contributed by atoms with van der Waals surface area (Å²) in [5.41, 5.74) is 0.755. The lowest BCUT2D eigenvalue weighted by Gasteiger charge is -2.49. The van der Waals surface area contributed by atoms with Gasteiger partial charge in [-0.05, 0) is 30.9 Å². The predicted octanol–water partition coefficient (Wildman–Crippen LogP) is 3.42. The first-order chi connectivity index (χ1) is 10.6. The Morgan fingerprint density at radius 3 is 2.64 bits per heavy atom. The van der Waals surface area contributed by atoms with E-state index in [1.807, 2.05) is 23.1 Å². The number of carbonyl (C=O) groups is 2. The number of nitrogens with zero attached hydrogens (tertiary/aromatic N) is 1. The molecule has 0 saturated heterocycles. The van der Waals surface area contributed by atoms with E-state index in [4.69, 9.17) is 0 Å². The fraction of sp³-hybridized carbons (Fsp3) is 0.556. The maximum absolute atomic E-state index is 13.0. The molecule has 4 nitrogen and oxygen atoms in total. The van der Waals surface area contributed by atoms with Gasteiger partial charge in [-0.3, -0.25) is 9.59 Å². The highest BCUT2D eigenvalue weighted by molar-refractivity contribution is 6.01. The molecule has 4 heteroatoms. The van der Waals surface area contributed by atoms with Gasteiger partial charge >= 0.3 is 5.97 Å². The van der Waals surface area contributed by atoms with Gasteiger partial charge in [0.25, 0.3) is 5.91 Å². The van der Waals surface area contributed by atoms with Gasteiger partial charge < -0.3 is 10.0 Å². The third-order valence-electron chi connectivity index (χ3n) is 5.27. The van der Waals surface area contributed by atoms with E-state index in [1.54, 1.807) is 6.07 Å². The van der Waals surface area contributed by atoms with Gasteiger partial charge in [-0.1, -0.05) is 44.4 Å². The van der Waals surface area contributed by atoms with Crippen LogP contribution in [0.25, 0.3) is 0 Å². The van der Waals surface area contributed by atoms with Crippen LogP contribution in [-0.2, 0) is 4.79 Å². The van der Waals surface area contributed by atoms with E-state index >= 15 is 0 Å². The van der Waals surface area contributed by atoms with Crippen molar-refractivity contribution >= 4 is 11.9 Å². The second-order valence-corrected chi connectivity index (χ2v) is 6.48. The van der Waals surface area contributed by atoms with Crippen molar-refractivity contribution in [3.05, 3.63) is 35.4 Å². The molecule has 1 aliphatic heterocycles. The molecular formula is C18H23NO3. The van der Waals surface area contributed by atoms with E-state index in [2.05, 4.69) is 6.92 Å². The van der Waals surface area contributed by atoms with Gasteiger partial charge in [-0.15, -0.1) is 0 Å². The minimum atomic E-state index is -0.802. The number of carbonyl (C=O) groups excluding carboxylic acids is 1. The Balaban J connectivity index is 2.15. The Kier molecular flexibility index (Phi) is 3.94. The summed E-state index contributed by atoms with van der Waals surface area (Å²) in [4.78, 5) is 26.9. The fourth-order valence-electron chi connectivity index (χ4n) is 4.29. The molecular weight excluding hydrogens is 278 g/mol. The van der Waals surface area contributed by atoms with E-state index in [9.17, 15) is 14.7 Å². The van der Waals surface area contributed by atoms with Crippen LogP contribution in [-0.4, -0.2) is 34.0 Å². The van der Waals surface area contributed by atoms with Crippen LogP contribution >= 0.6 is 0 Å². The number of fused-ring (bicyclic) bond motifs is 1. The normalized spacial score (nSPS) is 22.9. The third-order valence-corrected chi connectivity index (χ3v) is 5.27. The summed E-state index contributed by atoms with van der Waals surface area (Å²) in [7, 11) is 0. The SMILES string of the molecule is CCCCN1C(=O)c2ccccc2C(C(=O)O)C12CCCC2. The first-order valence-electron chi connectivity index (χ1n) is 8.25. The van der Waals surface area contributed by atoms with Gasteiger partial charge in [-0.25, -0.2) is 0 Å². The van der Waals surface area contributed by atoms with E-state index in [0.29, 0.717) is 17.7 Å². The van der Waals surface area contributed by atoms with Crippen LogP contribution in [0.1, 0.15) is 67.3 Å². The Morgan fingerprint density at radius 2 is 2.00 bits per heavy atom. The smallest absolute Gasteiger partial charge is 0.313 e. The molecule has 2 aliphatic rings. The molecule has 1 heterocycles. The standard InChI is InChI=1S/C18H23NO3/c1-2-3-12-19-16(20)14-9-5-4-8-13(14)15(17(21)22)18(19)10-6-7-11-18/h4-5,8-9,15H,2-3,6-7,10-12H2,1H3,(H,21,22). The van der Waals surface area contributed by atoms with Crippen molar-refractivity contribution in [3.63, 3.8) is 0 Å². The lowest BCUT2D eigenvalue weighted by Crippen LogP contribution is -2.59. The van der Waals surface area contributed by atoms with Gasteiger partial charge in [-0.2, -0.15) is 0 Å². The molecule has 1 aromatic rings. The van der Waals surface area contributed by atoms with Crippen LogP contribution in [0.15, 0.2) is 24.3 Å². The molecule has 1 aliphatic carbocycles. The largest absolute Gasteiger partial charge is 0.481 e. The molecule has 1 amide bonds. The van der Waals surface area contributed by atoms with E-state index in [0.717, 1.165) is 38.5 Å². The lowest BCUT2D eigenvalue weighted by molar-refractivity contribution is -0.143. The van der Waals surface area contributed by atoms with E-state index < -0.39 is 17.4 Å². The molecule has 1 aromatic carbocycles. The van der Waals surface area contributed by atoms with Crippen molar-refractivity contribution in [2.75, 3.05) is 6.54 Å². The van der Waals surface area contributed by atoms with Crippen LogP contribution < -0.4 is 0 Å². The second kappa shape index (κ2) is 5.75. The number of carboxylic acids is 1. The van der Waals surface area contributed by atoms with Crippen molar-refractivity contribution in [1.82, 2.24) is 4.90 Å². The number of hydrogen-bond donors (Lipinski definition) is 1. The highest BCUT2D eigenvalue weighted by Crippen LogP contribution is 2.50.